The lowest BCUT2D eigenvalue weighted by Gasteiger charge is -2.13. The number of para-hydroxylation sites is 2. The molecule has 1 heterocycles. The van der Waals surface area contributed by atoms with Gasteiger partial charge < -0.3 is 18.9 Å². The molecule has 1 fully saturated rings. The van der Waals surface area contributed by atoms with Crippen molar-refractivity contribution in [2.45, 2.75) is 6.42 Å². The molecule has 1 N–H and O–H groups in total. The Hall–Kier alpha value is -3.13. The van der Waals surface area contributed by atoms with Gasteiger partial charge in [-0.1, -0.05) is 18.2 Å². The van der Waals surface area contributed by atoms with Gasteiger partial charge >= 0.3 is 0 Å². The second kappa shape index (κ2) is 9.88. The minimum atomic E-state index is -0.394. The molecule has 0 saturated carbocycles. The first-order valence-corrected chi connectivity index (χ1v) is 9.74. The first-order valence-electron chi connectivity index (χ1n) is 8.92. The lowest BCUT2D eigenvalue weighted by molar-refractivity contribution is -0.115. The van der Waals surface area contributed by atoms with Gasteiger partial charge in [-0.15, -0.1) is 0 Å². The highest BCUT2D eigenvalue weighted by atomic mass is 32.2. The Kier molecular flexibility index (Phi) is 7.02. The van der Waals surface area contributed by atoms with Crippen molar-refractivity contribution in [2.75, 3.05) is 27.4 Å². The summed E-state index contributed by atoms with van der Waals surface area (Å²) in [6.07, 6.45) is 2.31. The normalized spacial score (nSPS) is 14.6. The van der Waals surface area contributed by atoms with E-state index in [1.165, 1.54) is 0 Å². The fourth-order valence-corrected chi connectivity index (χ4v) is 3.31. The predicted molar refractivity (Wildman–Crippen MR) is 111 cm³/mol. The number of rotatable bonds is 9. The molecule has 2 aromatic carbocycles. The van der Waals surface area contributed by atoms with Crippen LogP contribution in [0.15, 0.2) is 47.4 Å². The molecule has 1 aliphatic rings. The fourth-order valence-electron chi connectivity index (χ4n) is 2.63. The smallest absolute Gasteiger partial charge is 0.290 e. The van der Waals surface area contributed by atoms with Gasteiger partial charge in [0.1, 0.15) is 0 Å². The lowest BCUT2D eigenvalue weighted by Crippen LogP contribution is -2.17. The summed E-state index contributed by atoms with van der Waals surface area (Å²) < 4.78 is 22.1. The minimum absolute atomic E-state index is 0.346. The molecule has 0 bridgehead atoms. The van der Waals surface area contributed by atoms with Crippen molar-refractivity contribution in [1.29, 1.82) is 0 Å². The average molecular weight is 415 g/mol. The molecule has 2 aromatic rings. The Balaban J connectivity index is 1.54. The number of methoxy groups -OCH3 is 2. The Labute approximate surface area is 173 Å². The van der Waals surface area contributed by atoms with Gasteiger partial charge in [0.25, 0.3) is 11.1 Å². The van der Waals surface area contributed by atoms with E-state index in [9.17, 15) is 9.59 Å². The summed E-state index contributed by atoms with van der Waals surface area (Å²) in [6, 6.07) is 12.8. The zero-order valence-corrected chi connectivity index (χ0v) is 16.9. The zero-order chi connectivity index (χ0) is 20.6. The highest BCUT2D eigenvalue weighted by molar-refractivity contribution is 8.18. The first-order chi connectivity index (χ1) is 14.1. The SMILES string of the molecule is COc1ccccc1OCCCOc1ccc(/C=C2/SC(=O)NC2=O)cc1OC. The monoisotopic (exact) mass is 415 g/mol. The summed E-state index contributed by atoms with van der Waals surface area (Å²) in [5.41, 5.74) is 0.737. The predicted octanol–water partition coefficient (Wildman–Crippen LogP) is 3.88. The summed E-state index contributed by atoms with van der Waals surface area (Å²) in [5, 5.41) is 1.86. The molecule has 0 spiro atoms. The van der Waals surface area contributed by atoms with E-state index in [4.69, 9.17) is 18.9 Å². The molecule has 0 radical (unpaired) electrons. The maximum Gasteiger partial charge on any atom is 0.290 e. The topological polar surface area (TPSA) is 83.1 Å². The third kappa shape index (κ3) is 5.45. The average Bonchev–Trinajstić information content (AvgIpc) is 3.05. The van der Waals surface area contributed by atoms with Crippen LogP contribution in [0.3, 0.4) is 0 Å². The maximum atomic E-state index is 11.7. The van der Waals surface area contributed by atoms with Crippen molar-refractivity contribution < 1.29 is 28.5 Å². The minimum Gasteiger partial charge on any atom is -0.493 e. The highest BCUT2D eigenvalue weighted by Crippen LogP contribution is 2.31. The molecule has 0 unspecified atom stereocenters. The molecule has 152 valence electrons. The van der Waals surface area contributed by atoms with Crippen LogP contribution in [0, 0.1) is 0 Å². The van der Waals surface area contributed by atoms with Crippen LogP contribution in [0.2, 0.25) is 0 Å². The Morgan fingerprint density at radius 3 is 2.17 bits per heavy atom. The second-order valence-electron chi connectivity index (χ2n) is 5.96. The van der Waals surface area contributed by atoms with E-state index in [0.717, 1.165) is 17.3 Å². The van der Waals surface area contributed by atoms with E-state index < -0.39 is 5.91 Å². The zero-order valence-electron chi connectivity index (χ0n) is 16.1. The number of amides is 2. The number of carbonyl (C=O) groups is 2. The van der Waals surface area contributed by atoms with Gasteiger partial charge in [0.15, 0.2) is 23.0 Å². The van der Waals surface area contributed by atoms with Gasteiger partial charge in [-0.2, -0.15) is 0 Å². The first kappa shape index (κ1) is 20.6. The largest absolute Gasteiger partial charge is 0.493 e. The van der Waals surface area contributed by atoms with Gasteiger partial charge in [-0.05, 0) is 47.7 Å². The van der Waals surface area contributed by atoms with Crippen molar-refractivity contribution in [2.24, 2.45) is 0 Å². The van der Waals surface area contributed by atoms with Crippen molar-refractivity contribution in [3.63, 3.8) is 0 Å². The van der Waals surface area contributed by atoms with Crippen LogP contribution < -0.4 is 24.3 Å². The van der Waals surface area contributed by atoms with Gasteiger partial charge in [0.05, 0.1) is 32.3 Å². The number of ether oxygens (including phenoxy) is 4. The van der Waals surface area contributed by atoms with Crippen molar-refractivity contribution >= 4 is 29.0 Å². The van der Waals surface area contributed by atoms with Crippen LogP contribution in [-0.4, -0.2) is 38.6 Å². The van der Waals surface area contributed by atoms with E-state index in [0.29, 0.717) is 47.5 Å². The number of nitrogens with one attached hydrogen (secondary N) is 1. The quantitative estimate of drug-likeness (QED) is 0.492. The lowest BCUT2D eigenvalue weighted by atomic mass is 10.2. The molecule has 1 aliphatic heterocycles. The second-order valence-corrected chi connectivity index (χ2v) is 6.98. The van der Waals surface area contributed by atoms with Crippen LogP contribution in [0.1, 0.15) is 12.0 Å². The Bertz CT molecular complexity index is 927. The van der Waals surface area contributed by atoms with Gasteiger partial charge in [0, 0.05) is 6.42 Å². The summed E-state index contributed by atoms with van der Waals surface area (Å²) >= 11 is 0.873. The third-order valence-corrected chi connectivity index (χ3v) is 4.81. The number of thioether (sulfide) groups is 1. The molecule has 29 heavy (non-hydrogen) atoms. The van der Waals surface area contributed by atoms with Crippen LogP contribution in [-0.2, 0) is 4.79 Å². The van der Waals surface area contributed by atoms with Crippen LogP contribution in [0.4, 0.5) is 4.79 Å². The van der Waals surface area contributed by atoms with Gasteiger partial charge in [-0.3, -0.25) is 14.9 Å². The third-order valence-electron chi connectivity index (χ3n) is 4.00. The fraction of sp³-hybridized carbons (Fsp3) is 0.238. The molecule has 1 saturated heterocycles. The summed E-state index contributed by atoms with van der Waals surface area (Å²) in [4.78, 5) is 23.3. The summed E-state index contributed by atoms with van der Waals surface area (Å²) in [7, 11) is 3.15. The maximum absolute atomic E-state index is 11.7. The van der Waals surface area contributed by atoms with Gasteiger partial charge in [0.2, 0.25) is 0 Å². The van der Waals surface area contributed by atoms with E-state index in [1.54, 1.807) is 38.5 Å². The van der Waals surface area contributed by atoms with Crippen molar-refractivity contribution in [3.8, 4) is 23.0 Å². The van der Waals surface area contributed by atoms with E-state index in [-0.39, 0.29) is 5.24 Å². The molecule has 0 aromatic heterocycles. The molecule has 0 atom stereocenters. The summed E-state index contributed by atoms with van der Waals surface area (Å²) in [5.74, 6) is 2.12. The molecule has 7 nitrogen and oxygen atoms in total. The highest BCUT2D eigenvalue weighted by Gasteiger charge is 2.25. The number of carbonyl (C=O) groups excluding carboxylic acids is 2. The number of hydrogen-bond donors (Lipinski definition) is 1. The molecular formula is C21H21NO6S. The van der Waals surface area contributed by atoms with Crippen molar-refractivity contribution in [3.05, 3.63) is 52.9 Å². The van der Waals surface area contributed by atoms with Crippen molar-refractivity contribution in [1.82, 2.24) is 5.32 Å². The van der Waals surface area contributed by atoms with Crippen LogP contribution in [0.25, 0.3) is 6.08 Å². The molecule has 2 amide bonds. The van der Waals surface area contributed by atoms with E-state index >= 15 is 0 Å². The molecule has 8 heteroatoms. The van der Waals surface area contributed by atoms with Gasteiger partial charge in [-0.25, -0.2) is 0 Å². The van der Waals surface area contributed by atoms with E-state index in [1.807, 2.05) is 24.3 Å². The number of hydrogen-bond acceptors (Lipinski definition) is 7. The Morgan fingerprint density at radius 1 is 0.897 bits per heavy atom. The van der Waals surface area contributed by atoms with Crippen LogP contribution >= 0.6 is 11.8 Å². The molecule has 3 rings (SSSR count). The standard InChI is InChI=1S/C21H21NO6S/c1-25-15-6-3-4-7-16(15)27-10-5-11-28-17-9-8-14(12-18(17)26-2)13-19-20(23)22-21(24)29-19/h3-4,6-9,12-13H,5,10-11H2,1-2H3,(H,22,23,24)/b19-13+. The summed E-state index contributed by atoms with van der Waals surface area (Å²) in [6.45, 7) is 0.923. The Morgan fingerprint density at radius 2 is 1.55 bits per heavy atom. The van der Waals surface area contributed by atoms with E-state index in [2.05, 4.69) is 5.32 Å². The number of imide groups is 1. The number of benzene rings is 2. The molecule has 0 aliphatic carbocycles. The molecular weight excluding hydrogens is 394 g/mol. The van der Waals surface area contributed by atoms with Crippen LogP contribution in [0.5, 0.6) is 23.0 Å².